The van der Waals surface area contributed by atoms with Crippen LogP contribution in [0.4, 0.5) is 5.69 Å². The highest BCUT2D eigenvalue weighted by atomic mass is 16.2. The van der Waals surface area contributed by atoms with Crippen LogP contribution in [0.25, 0.3) is 0 Å². The van der Waals surface area contributed by atoms with E-state index in [4.69, 9.17) is 0 Å². The van der Waals surface area contributed by atoms with E-state index in [1.54, 1.807) is 4.90 Å². The molecular weight excluding hydrogens is 294 g/mol. The van der Waals surface area contributed by atoms with Gasteiger partial charge in [-0.25, -0.2) is 0 Å². The van der Waals surface area contributed by atoms with Crippen LogP contribution >= 0.6 is 0 Å². The number of hydrogen-bond donors (Lipinski definition) is 2. The zero-order valence-corrected chi connectivity index (χ0v) is 13.2. The van der Waals surface area contributed by atoms with Crippen LogP contribution in [0.2, 0.25) is 0 Å². The van der Waals surface area contributed by atoms with Crippen molar-refractivity contribution in [2.45, 2.75) is 44.7 Å². The van der Waals surface area contributed by atoms with Gasteiger partial charge in [-0.3, -0.25) is 14.4 Å². The van der Waals surface area contributed by atoms with Crippen LogP contribution in [-0.2, 0) is 14.4 Å². The molecule has 2 aliphatic rings. The van der Waals surface area contributed by atoms with E-state index < -0.39 is 17.9 Å². The molecule has 1 aliphatic heterocycles. The van der Waals surface area contributed by atoms with Crippen molar-refractivity contribution < 1.29 is 14.4 Å². The lowest BCUT2D eigenvalue weighted by atomic mass is 10.1. The van der Waals surface area contributed by atoms with Crippen LogP contribution in [0, 0.1) is 0 Å². The van der Waals surface area contributed by atoms with Gasteiger partial charge in [-0.15, -0.1) is 0 Å². The normalized spacial score (nSPS) is 20.5. The van der Waals surface area contributed by atoms with Crippen LogP contribution in [0.3, 0.4) is 0 Å². The lowest BCUT2D eigenvalue weighted by Gasteiger charge is -2.16. The first-order valence-corrected chi connectivity index (χ1v) is 8.13. The lowest BCUT2D eigenvalue weighted by molar-refractivity contribution is -0.140. The van der Waals surface area contributed by atoms with E-state index in [2.05, 4.69) is 10.6 Å². The summed E-state index contributed by atoms with van der Waals surface area (Å²) >= 11 is 0. The Morgan fingerprint density at radius 1 is 1.13 bits per heavy atom. The standard InChI is InChI=1S/C17H21N3O3/c1-2-20-13-10-6-5-9-12(13)14(17(20)23)19-16(22)15(21)18-11-7-3-4-8-11/h5-6,9-11,14H,2-4,7-8H2,1H3,(H,18,21)(H,19,22). The van der Waals surface area contributed by atoms with Gasteiger partial charge in [0.05, 0.1) is 0 Å². The first kappa shape index (κ1) is 15.5. The summed E-state index contributed by atoms with van der Waals surface area (Å²) in [5.41, 5.74) is 1.53. The molecule has 0 spiro atoms. The molecule has 6 nitrogen and oxygen atoms in total. The van der Waals surface area contributed by atoms with E-state index in [0.29, 0.717) is 6.54 Å². The fraction of sp³-hybridized carbons (Fsp3) is 0.471. The second-order valence-corrected chi connectivity index (χ2v) is 6.00. The predicted octanol–water partition coefficient (Wildman–Crippen LogP) is 1.27. The molecule has 1 saturated carbocycles. The average Bonchev–Trinajstić information content (AvgIpc) is 3.14. The quantitative estimate of drug-likeness (QED) is 0.825. The number of para-hydroxylation sites is 1. The molecule has 122 valence electrons. The summed E-state index contributed by atoms with van der Waals surface area (Å²) in [7, 11) is 0. The minimum atomic E-state index is -0.784. The van der Waals surface area contributed by atoms with Crippen molar-refractivity contribution in [2.75, 3.05) is 11.4 Å². The van der Waals surface area contributed by atoms with Crippen LogP contribution in [0.1, 0.15) is 44.2 Å². The van der Waals surface area contributed by atoms with E-state index >= 15 is 0 Å². The van der Waals surface area contributed by atoms with Gasteiger partial charge in [0.1, 0.15) is 6.04 Å². The van der Waals surface area contributed by atoms with Crippen LogP contribution in [0.5, 0.6) is 0 Å². The number of benzene rings is 1. The Labute approximate surface area is 135 Å². The van der Waals surface area contributed by atoms with E-state index in [0.717, 1.165) is 36.9 Å². The molecule has 23 heavy (non-hydrogen) atoms. The number of carbonyl (C=O) groups is 3. The predicted molar refractivity (Wildman–Crippen MR) is 85.8 cm³/mol. The molecule has 1 atom stereocenters. The first-order valence-electron chi connectivity index (χ1n) is 8.13. The molecule has 0 saturated heterocycles. The Balaban J connectivity index is 1.70. The number of nitrogens with zero attached hydrogens (tertiary/aromatic N) is 1. The monoisotopic (exact) mass is 315 g/mol. The first-order chi connectivity index (χ1) is 11.1. The molecule has 1 aromatic carbocycles. The van der Waals surface area contributed by atoms with Gasteiger partial charge in [0.25, 0.3) is 5.91 Å². The maximum Gasteiger partial charge on any atom is 0.310 e. The number of hydrogen-bond acceptors (Lipinski definition) is 3. The zero-order chi connectivity index (χ0) is 16.4. The third-order valence-corrected chi connectivity index (χ3v) is 4.54. The summed E-state index contributed by atoms with van der Waals surface area (Å²) in [6.45, 7) is 2.40. The molecule has 0 radical (unpaired) electrons. The Morgan fingerprint density at radius 2 is 1.78 bits per heavy atom. The van der Waals surface area contributed by atoms with E-state index in [-0.39, 0.29) is 11.9 Å². The second kappa shape index (κ2) is 6.40. The highest BCUT2D eigenvalue weighted by Gasteiger charge is 2.38. The summed E-state index contributed by atoms with van der Waals surface area (Å²) < 4.78 is 0. The third kappa shape index (κ3) is 2.93. The van der Waals surface area contributed by atoms with Gasteiger partial charge < -0.3 is 15.5 Å². The largest absolute Gasteiger partial charge is 0.345 e. The molecule has 2 N–H and O–H groups in total. The van der Waals surface area contributed by atoms with E-state index in [1.165, 1.54) is 0 Å². The number of anilines is 1. The lowest BCUT2D eigenvalue weighted by Crippen LogP contribution is -2.46. The van der Waals surface area contributed by atoms with E-state index in [9.17, 15) is 14.4 Å². The van der Waals surface area contributed by atoms with Crippen LogP contribution in [-0.4, -0.2) is 30.3 Å². The average molecular weight is 315 g/mol. The fourth-order valence-corrected chi connectivity index (χ4v) is 3.37. The number of likely N-dealkylation sites (N-methyl/N-ethyl adjacent to an activating group) is 1. The third-order valence-electron chi connectivity index (χ3n) is 4.54. The number of fused-ring (bicyclic) bond motifs is 1. The number of carbonyl (C=O) groups excluding carboxylic acids is 3. The summed E-state index contributed by atoms with van der Waals surface area (Å²) in [6, 6.07) is 6.62. The van der Waals surface area contributed by atoms with Crippen molar-refractivity contribution >= 4 is 23.4 Å². The topological polar surface area (TPSA) is 78.5 Å². The van der Waals surface area contributed by atoms with Gasteiger partial charge in [-0.05, 0) is 25.8 Å². The van der Waals surface area contributed by atoms with E-state index in [1.807, 2.05) is 31.2 Å². The van der Waals surface area contributed by atoms with Gasteiger partial charge >= 0.3 is 11.8 Å². The number of nitrogens with one attached hydrogen (secondary N) is 2. The van der Waals surface area contributed by atoms with Gasteiger partial charge in [0.2, 0.25) is 0 Å². The fourth-order valence-electron chi connectivity index (χ4n) is 3.37. The van der Waals surface area contributed by atoms with Gasteiger partial charge in [-0.1, -0.05) is 31.0 Å². The number of amides is 3. The summed E-state index contributed by atoms with van der Waals surface area (Å²) in [4.78, 5) is 38.2. The van der Waals surface area contributed by atoms with Crippen LogP contribution in [0.15, 0.2) is 24.3 Å². The summed E-state index contributed by atoms with van der Waals surface area (Å²) in [5, 5.41) is 5.32. The Bertz CT molecular complexity index is 638. The molecule has 1 aliphatic carbocycles. The summed E-state index contributed by atoms with van der Waals surface area (Å²) in [5.74, 6) is -1.60. The van der Waals surface area contributed by atoms with Crippen molar-refractivity contribution in [3.05, 3.63) is 29.8 Å². The molecule has 0 aromatic heterocycles. The maximum absolute atomic E-state index is 12.5. The van der Waals surface area contributed by atoms with Gasteiger partial charge in [0, 0.05) is 23.8 Å². The van der Waals surface area contributed by atoms with Crippen molar-refractivity contribution in [2.24, 2.45) is 0 Å². The maximum atomic E-state index is 12.5. The molecule has 6 heteroatoms. The molecule has 1 fully saturated rings. The van der Waals surface area contributed by atoms with Crippen LogP contribution < -0.4 is 15.5 Å². The molecule has 3 amide bonds. The Kier molecular flexibility index (Phi) is 4.32. The Hall–Kier alpha value is -2.37. The minimum Gasteiger partial charge on any atom is -0.345 e. The molecule has 0 bridgehead atoms. The number of rotatable bonds is 3. The van der Waals surface area contributed by atoms with Crippen molar-refractivity contribution in [3.8, 4) is 0 Å². The van der Waals surface area contributed by atoms with Crippen molar-refractivity contribution in [1.82, 2.24) is 10.6 Å². The molecule has 3 rings (SSSR count). The van der Waals surface area contributed by atoms with Crippen molar-refractivity contribution in [3.63, 3.8) is 0 Å². The summed E-state index contributed by atoms with van der Waals surface area (Å²) in [6.07, 6.45) is 3.97. The van der Waals surface area contributed by atoms with Gasteiger partial charge in [-0.2, -0.15) is 0 Å². The van der Waals surface area contributed by atoms with Gasteiger partial charge in [0.15, 0.2) is 0 Å². The Morgan fingerprint density at radius 3 is 2.48 bits per heavy atom. The smallest absolute Gasteiger partial charge is 0.310 e. The second-order valence-electron chi connectivity index (χ2n) is 6.00. The molecular formula is C17H21N3O3. The molecule has 1 unspecified atom stereocenters. The minimum absolute atomic E-state index is 0.0759. The molecule has 1 heterocycles. The van der Waals surface area contributed by atoms with Crippen molar-refractivity contribution in [1.29, 1.82) is 0 Å². The molecule has 1 aromatic rings. The highest BCUT2D eigenvalue weighted by Crippen LogP contribution is 2.35. The zero-order valence-electron chi connectivity index (χ0n) is 13.2. The highest BCUT2D eigenvalue weighted by molar-refractivity contribution is 6.35. The SMILES string of the molecule is CCN1C(=O)C(NC(=O)C(=O)NC2CCCC2)c2ccccc21.